The lowest BCUT2D eigenvalue weighted by Crippen LogP contribution is -2.20. The van der Waals surface area contributed by atoms with Crippen molar-refractivity contribution in [3.63, 3.8) is 0 Å². The Bertz CT molecular complexity index is 282. The van der Waals surface area contributed by atoms with E-state index in [4.69, 9.17) is 11.6 Å². The van der Waals surface area contributed by atoms with E-state index in [1.54, 1.807) is 0 Å². The van der Waals surface area contributed by atoms with Gasteiger partial charge in [0, 0.05) is 16.5 Å². The number of allylic oxidation sites excluding steroid dienone is 2. The van der Waals surface area contributed by atoms with Crippen molar-refractivity contribution in [2.75, 3.05) is 0 Å². The minimum Gasteiger partial charge on any atom is -0.290 e. The second kappa shape index (κ2) is 2.01. The largest absolute Gasteiger partial charge is 0.290 e. The van der Waals surface area contributed by atoms with Crippen LogP contribution in [-0.2, 0) is 0 Å². The average molecular weight is 153 g/mol. The number of nitrogens with one attached hydrogen (secondary N) is 1. The van der Waals surface area contributed by atoms with E-state index in [0.717, 1.165) is 10.6 Å². The van der Waals surface area contributed by atoms with E-state index in [0.29, 0.717) is 0 Å². The maximum absolute atomic E-state index is 5.73. The average Bonchev–Trinajstić information content (AvgIpc) is 2.33. The molecule has 1 aliphatic heterocycles. The predicted molar refractivity (Wildman–Crippen MR) is 40.9 cm³/mol. The molecule has 0 bridgehead atoms. The minimum absolute atomic E-state index is 0.197. The van der Waals surface area contributed by atoms with Gasteiger partial charge >= 0.3 is 0 Å². The molecule has 1 atom stereocenters. The summed E-state index contributed by atoms with van der Waals surface area (Å²) in [7, 11) is 0. The molecule has 0 amide bonds. The molecule has 0 fully saturated rings. The molecule has 0 spiro atoms. The van der Waals surface area contributed by atoms with Crippen molar-refractivity contribution in [1.29, 1.82) is 0 Å². The van der Waals surface area contributed by atoms with E-state index < -0.39 is 0 Å². The molecule has 3 heteroatoms. The first-order valence-corrected chi connectivity index (χ1v) is 3.37. The molecule has 0 saturated carbocycles. The van der Waals surface area contributed by atoms with Gasteiger partial charge in [0.15, 0.2) is 0 Å². The Morgan fingerprint density at radius 3 is 3.50 bits per heavy atom. The Hall–Kier alpha value is -0.980. The van der Waals surface area contributed by atoms with Crippen molar-refractivity contribution >= 4 is 17.5 Å². The molecular weight excluding hydrogens is 148 g/mol. The molecule has 2 rings (SSSR count). The highest BCUT2D eigenvalue weighted by Gasteiger charge is 2.15. The number of halogens is 1. The van der Waals surface area contributed by atoms with Gasteiger partial charge in [-0.15, -0.1) is 5.10 Å². The molecule has 1 aliphatic carbocycles. The standard InChI is InChI=1S/C7H5ClN2/c8-6-1-2-7-5(3-6)4-9-10-7/h1-3,7,10H. The molecule has 0 aromatic carbocycles. The zero-order valence-corrected chi connectivity index (χ0v) is 5.89. The molecule has 0 aromatic rings. The van der Waals surface area contributed by atoms with Crippen molar-refractivity contribution in [3.8, 4) is 0 Å². The summed E-state index contributed by atoms with van der Waals surface area (Å²) in [5.74, 6) is 2.81. The van der Waals surface area contributed by atoms with E-state index >= 15 is 0 Å². The summed E-state index contributed by atoms with van der Waals surface area (Å²) in [5.41, 5.74) is 3.87. The SMILES string of the molecule is ClC1=CC2=C=NNC2C=C1. The quantitative estimate of drug-likeness (QED) is 0.554. The molecule has 1 unspecified atom stereocenters. The lowest BCUT2D eigenvalue weighted by molar-refractivity contribution is 0.732. The van der Waals surface area contributed by atoms with E-state index in [9.17, 15) is 0 Å². The molecule has 0 saturated heterocycles. The van der Waals surface area contributed by atoms with Gasteiger partial charge < -0.3 is 0 Å². The second-order valence-corrected chi connectivity index (χ2v) is 2.61. The maximum Gasteiger partial charge on any atom is 0.0969 e. The first-order valence-electron chi connectivity index (χ1n) is 3.00. The highest BCUT2D eigenvalue weighted by Crippen LogP contribution is 2.18. The van der Waals surface area contributed by atoms with Crippen LogP contribution in [0.4, 0.5) is 0 Å². The van der Waals surface area contributed by atoms with Gasteiger partial charge in [0.05, 0.1) is 6.04 Å². The fraction of sp³-hybridized carbons (Fsp3) is 0.143. The van der Waals surface area contributed by atoms with Crippen molar-refractivity contribution in [1.82, 2.24) is 5.43 Å². The lowest BCUT2D eigenvalue weighted by Gasteiger charge is -2.09. The Morgan fingerprint density at radius 2 is 2.60 bits per heavy atom. The molecule has 10 heavy (non-hydrogen) atoms. The van der Waals surface area contributed by atoms with Crippen LogP contribution >= 0.6 is 11.6 Å². The molecule has 2 aliphatic rings. The number of nitrogens with zero attached hydrogens (tertiary/aromatic N) is 1. The zero-order chi connectivity index (χ0) is 6.97. The van der Waals surface area contributed by atoms with E-state index in [1.165, 1.54) is 0 Å². The van der Waals surface area contributed by atoms with Gasteiger partial charge in [-0.1, -0.05) is 17.7 Å². The molecule has 1 N–H and O–H groups in total. The Balaban J connectivity index is 2.41. The minimum atomic E-state index is 0.197. The molecule has 0 radical (unpaired) electrons. The molecule has 50 valence electrons. The summed E-state index contributed by atoms with van der Waals surface area (Å²) >= 11 is 5.73. The first-order chi connectivity index (χ1) is 4.86. The van der Waals surface area contributed by atoms with Crippen LogP contribution in [-0.4, -0.2) is 11.9 Å². The third-order valence-electron chi connectivity index (χ3n) is 1.46. The van der Waals surface area contributed by atoms with E-state index in [-0.39, 0.29) is 6.04 Å². The Morgan fingerprint density at radius 1 is 1.70 bits per heavy atom. The normalized spacial score (nSPS) is 27.1. The van der Waals surface area contributed by atoms with Crippen molar-refractivity contribution < 1.29 is 0 Å². The van der Waals surface area contributed by atoms with Crippen LogP contribution in [0, 0.1) is 0 Å². The third kappa shape index (κ3) is 0.783. The summed E-state index contributed by atoms with van der Waals surface area (Å²) in [6.45, 7) is 0. The smallest absolute Gasteiger partial charge is 0.0969 e. The summed E-state index contributed by atoms with van der Waals surface area (Å²) in [5, 5.41) is 4.50. The summed E-state index contributed by atoms with van der Waals surface area (Å²) in [6.07, 6.45) is 5.67. The number of hydrogen-bond acceptors (Lipinski definition) is 2. The van der Waals surface area contributed by atoms with Crippen LogP contribution < -0.4 is 5.43 Å². The van der Waals surface area contributed by atoms with Crippen molar-refractivity contribution in [3.05, 3.63) is 28.8 Å². The van der Waals surface area contributed by atoms with Gasteiger partial charge in [-0.3, -0.25) is 5.43 Å². The van der Waals surface area contributed by atoms with Crippen molar-refractivity contribution in [2.24, 2.45) is 5.10 Å². The maximum atomic E-state index is 5.73. The zero-order valence-electron chi connectivity index (χ0n) is 5.13. The summed E-state index contributed by atoms with van der Waals surface area (Å²) in [4.78, 5) is 0. The van der Waals surface area contributed by atoms with E-state index in [2.05, 4.69) is 16.4 Å². The topological polar surface area (TPSA) is 24.4 Å². The van der Waals surface area contributed by atoms with Crippen LogP contribution in [0.2, 0.25) is 0 Å². The van der Waals surface area contributed by atoms with E-state index in [1.807, 2.05) is 18.2 Å². The number of hydrogen-bond donors (Lipinski definition) is 1. The van der Waals surface area contributed by atoms with Gasteiger partial charge in [0.25, 0.3) is 0 Å². The Kier molecular flexibility index (Phi) is 1.16. The fourth-order valence-corrected chi connectivity index (χ4v) is 1.15. The van der Waals surface area contributed by atoms with Gasteiger partial charge in [-0.25, -0.2) is 0 Å². The molecular formula is C7H5ClN2. The van der Waals surface area contributed by atoms with Crippen LogP contribution in [0.3, 0.4) is 0 Å². The van der Waals surface area contributed by atoms with Gasteiger partial charge in [0.1, 0.15) is 0 Å². The van der Waals surface area contributed by atoms with Crippen LogP contribution in [0.5, 0.6) is 0 Å². The summed E-state index contributed by atoms with van der Waals surface area (Å²) in [6, 6.07) is 0.197. The van der Waals surface area contributed by atoms with Gasteiger partial charge in [0.2, 0.25) is 0 Å². The Labute approximate surface area is 63.6 Å². The summed E-state index contributed by atoms with van der Waals surface area (Å²) < 4.78 is 0. The molecule has 2 nitrogen and oxygen atoms in total. The van der Waals surface area contributed by atoms with Crippen molar-refractivity contribution in [2.45, 2.75) is 6.04 Å². The second-order valence-electron chi connectivity index (χ2n) is 2.17. The third-order valence-corrected chi connectivity index (χ3v) is 1.70. The lowest BCUT2D eigenvalue weighted by atomic mass is 10.1. The van der Waals surface area contributed by atoms with Crippen LogP contribution in [0.1, 0.15) is 0 Å². The molecule has 1 heterocycles. The predicted octanol–water partition coefficient (Wildman–Crippen LogP) is 1.16. The van der Waals surface area contributed by atoms with Gasteiger partial charge in [-0.05, 0) is 12.2 Å². The first kappa shape index (κ1) is 5.78. The number of rotatable bonds is 0. The number of fused-ring (bicyclic) bond motifs is 1. The fourth-order valence-electron chi connectivity index (χ4n) is 0.959. The number of hydrazone groups is 1. The van der Waals surface area contributed by atoms with Crippen LogP contribution in [0.15, 0.2) is 33.9 Å². The highest BCUT2D eigenvalue weighted by molar-refractivity contribution is 6.31. The van der Waals surface area contributed by atoms with Gasteiger partial charge in [-0.2, -0.15) is 0 Å². The van der Waals surface area contributed by atoms with Crippen LogP contribution in [0.25, 0.3) is 0 Å². The molecule has 0 aromatic heterocycles. The monoisotopic (exact) mass is 152 g/mol. The highest BCUT2D eigenvalue weighted by atomic mass is 35.5.